The van der Waals surface area contributed by atoms with Gasteiger partial charge in [0.1, 0.15) is 11.2 Å². The van der Waals surface area contributed by atoms with Crippen molar-refractivity contribution in [2.45, 2.75) is 38.6 Å². The molecule has 2 aromatic heterocycles. The Balaban J connectivity index is 1.64. The zero-order chi connectivity index (χ0) is 20.3. The van der Waals surface area contributed by atoms with Crippen molar-refractivity contribution < 1.29 is 19.4 Å². The molecule has 7 nitrogen and oxygen atoms in total. The van der Waals surface area contributed by atoms with Crippen molar-refractivity contribution >= 4 is 22.8 Å². The fraction of sp³-hybridized carbons (Fsp3) is 0.286. The summed E-state index contributed by atoms with van der Waals surface area (Å²) in [7, 11) is 0. The number of aliphatic hydroxyl groups is 1. The van der Waals surface area contributed by atoms with Crippen LogP contribution in [0.25, 0.3) is 11.0 Å². The molecule has 0 radical (unpaired) electrons. The maximum absolute atomic E-state index is 15.0. The Kier molecular flexibility index (Phi) is 3.92. The smallest absolute Gasteiger partial charge is 0.341 e. The molecular weight excluding hydrogens is 377 g/mol. The van der Waals surface area contributed by atoms with E-state index in [0.29, 0.717) is 18.7 Å². The lowest BCUT2D eigenvalue weighted by atomic mass is 10.1. The summed E-state index contributed by atoms with van der Waals surface area (Å²) in [6, 6.07) is 6.83. The standard InChI is InChI=1S/C21H18FN3O4/c22-17-6-15-18(27)16(21(28)29)9-25(14-3-4-14)19(15)23-20(17)24-7-12-2-1-11(10-26)5-13(12)8-24/h1-2,5-6,9,14,26H,3-4,7-8,10H2,(H,28,29). The first-order chi connectivity index (χ1) is 14.0. The van der Waals surface area contributed by atoms with Crippen molar-refractivity contribution in [2.24, 2.45) is 0 Å². The molecule has 0 unspecified atom stereocenters. The van der Waals surface area contributed by atoms with E-state index in [1.807, 2.05) is 18.2 Å². The summed E-state index contributed by atoms with van der Waals surface area (Å²) in [5.41, 5.74) is 2.04. The minimum Gasteiger partial charge on any atom is -0.477 e. The van der Waals surface area contributed by atoms with E-state index >= 15 is 0 Å². The van der Waals surface area contributed by atoms with E-state index in [4.69, 9.17) is 0 Å². The minimum absolute atomic E-state index is 0.0164. The van der Waals surface area contributed by atoms with Crippen LogP contribution >= 0.6 is 0 Å². The van der Waals surface area contributed by atoms with Gasteiger partial charge in [-0.3, -0.25) is 4.79 Å². The second-order valence-electron chi connectivity index (χ2n) is 7.60. The third-order valence-corrected chi connectivity index (χ3v) is 5.59. The molecule has 1 saturated carbocycles. The summed E-state index contributed by atoms with van der Waals surface area (Å²) in [6.07, 6.45) is 3.06. The van der Waals surface area contributed by atoms with Gasteiger partial charge in [0.25, 0.3) is 0 Å². The van der Waals surface area contributed by atoms with Gasteiger partial charge in [-0.05, 0) is 35.6 Å². The fourth-order valence-electron chi connectivity index (χ4n) is 3.94. The van der Waals surface area contributed by atoms with Gasteiger partial charge >= 0.3 is 5.97 Å². The Morgan fingerprint density at radius 2 is 1.97 bits per heavy atom. The number of halogens is 1. The second kappa shape index (κ2) is 6.38. The van der Waals surface area contributed by atoms with Gasteiger partial charge in [-0.1, -0.05) is 18.2 Å². The highest BCUT2D eigenvalue weighted by molar-refractivity contribution is 5.92. The van der Waals surface area contributed by atoms with Crippen LogP contribution in [0.1, 0.15) is 45.9 Å². The number of aliphatic hydroxyl groups excluding tert-OH is 1. The number of aromatic nitrogens is 2. The number of aromatic carboxylic acids is 1. The number of rotatable bonds is 4. The number of hydrogen-bond donors (Lipinski definition) is 2. The van der Waals surface area contributed by atoms with E-state index in [1.165, 1.54) is 6.20 Å². The van der Waals surface area contributed by atoms with Crippen molar-refractivity contribution in [3.8, 4) is 0 Å². The molecule has 29 heavy (non-hydrogen) atoms. The summed E-state index contributed by atoms with van der Waals surface area (Å²) < 4.78 is 16.7. The van der Waals surface area contributed by atoms with E-state index in [1.54, 1.807) is 9.47 Å². The highest BCUT2D eigenvalue weighted by Crippen LogP contribution is 2.38. The van der Waals surface area contributed by atoms with Crippen LogP contribution in [0.4, 0.5) is 10.2 Å². The SMILES string of the molecule is O=C(O)c1cn(C2CC2)c2nc(N3Cc4ccc(CO)cc4C3)c(F)cc2c1=O. The first-order valence-corrected chi connectivity index (χ1v) is 9.41. The van der Waals surface area contributed by atoms with Crippen molar-refractivity contribution in [3.63, 3.8) is 0 Å². The number of carboxylic acids is 1. The summed E-state index contributed by atoms with van der Waals surface area (Å²) in [6.45, 7) is 0.853. The predicted octanol–water partition coefficient (Wildman–Crippen LogP) is 2.58. The molecule has 2 aliphatic rings. The number of carbonyl (C=O) groups is 1. The van der Waals surface area contributed by atoms with Crippen molar-refractivity contribution in [3.05, 3.63) is 68.8 Å². The number of nitrogens with zero attached hydrogens (tertiary/aromatic N) is 3. The molecule has 3 aromatic rings. The highest BCUT2D eigenvalue weighted by Gasteiger charge is 2.30. The maximum Gasteiger partial charge on any atom is 0.341 e. The van der Waals surface area contributed by atoms with Gasteiger partial charge in [-0.2, -0.15) is 0 Å². The van der Waals surface area contributed by atoms with E-state index in [2.05, 4.69) is 4.98 Å². The second-order valence-corrected chi connectivity index (χ2v) is 7.60. The third-order valence-electron chi connectivity index (χ3n) is 5.59. The molecule has 5 rings (SSSR count). The van der Waals surface area contributed by atoms with Crippen LogP contribution < -0.4 is 10.3 Å². The third kappa shape index (κ3) is 2.87. The van der Waals surface area contributed by atoms with Crippen LogP contribution in [-0.4, -0.2) is 25.7 Å². The number of pyridine rings is 2. The van der Waals surface area contributed by atoms with Gasteiger partial charge in [0.15, 0.2) is 11.6 Å². The minimum atomic E-state index is -1.33. The average molecular weight is 395 g/mol. The lowest BCUT2D eigenvalue weighted by molar-refractivity contribution is 0.0695. The first-order valence-electron chi connectivity index (χ1n) is 9.41. The van der Waals surface area contributed by atoms with Gasteiger partial charge in [-0.15, -0.1) is 0 Å². The number of fused-ring (bicyclic) bond motifs is 2. The molecule has 1 fully saturated rings. The van der Waals surface area contributed by atoms with Crippen molar-refractivity contribution in [1.82, 2.24) is 9.55 Å². The Morgan fingerprint density at radius 3 is 2.66 bits per heavy atom. The van der Waals surface area contributed by atoms with Gasteiger partial charge in [0.05, 0.1) is 12.0 Å². The topological polar surface area (TPSA) is 95.7 Å². The van der Waals surface area contributed by atoms with Gasteiger partial charge < -0.3 is 19.7 Å². The zero-order valence-corrected chi connectivity index (χ0v) is 15.4. The Morgan fingerprint density at radius 1 is 1.21 bits per heavy atom. The van der Waals surface area contributed by atoms with Crippen molar-refractivity contribution in [1.29, 1.82) is 0 Å². The highest BCUT2D eigenvalue weighted by atomic mass is 19.1. The number of anilines is 1. The monoisotopic (exact) mass is 395 g/mol. The number of carboxylic acid groups (broad SMARTS) is 1. The van der Waals surface area contributed by atoms with Crippen LogP contribution in [0, 0.1) is 5.82 Å². The quantitative estimate of drug-likeness (QED) is 0.705. The lowest BCUT2D eigenvalue weighted by Gasteiger charge is -2.19. The molecule has 148 valence electrons. The average Bonchev–Trinajstić information content (AvgIpc) is 3.46. The Hall–Kier alpha value is -3.26. The van der Waals surface area contributed by atoms with E-state index < -0.39 is 17.2 Å². The molecule has 1 aliphatic carbocycles. The van der Waals surface area contributed by atoms with Gasteiger partial charge in [0, 0.05) is 25.3 Å². The summed E-state index contributed by atoms with van der Waals surface area (Å²) in [5.74, 6) is -1.85. The molecule has 3 heterocycles. The number of hydrogen-bond acceptors (Lipinski definition) is 5. The normalized spacial score (nSPS) is 15.7. The largest absolute Gasteiger partial charge is 0.477 e. The molecular formula is C21H18FN3O4. The molecule has 0 atom stereocenters. The summed E-state index contributed by atoms with van der Waals surface area (Å²) in [5, 5.41) is 18.7. The summed E-state index contributed by atoms with van der Waals surface area (Å²) >= 11 is 0. The first kappa shape index (κ1) is 17.8. The molecule has 0 bridgehead atoms. The summed E-state index contributed by atoms with van der Waals surface area (Å²) in [4.78, 5) is 30.3. The van der Waals surface area contributed by atoms with Crippen LogP contribution in [0.15, 0.2) is 35.3 Å². The number of benzene rings is 1. The van der Waals surface area contributed by atoms with Crippen LogP contribution in [-0.2, 0) is 19.7 Å². The van der Waals surface area contributed by atoms with Crippen LogP contribution in [0.5, 0.6) is 0 Å². The van der Waals surface area contributed by atoms with E-state index in [9.17, 15) is 24.2 Å². The van der Waals surface area contributed by atoms with E-state index in [-0.39, 0.29) is 29.4 Å². The van der Waals surface area contributed by atoms with Crippen molar-refractivity contribution in [2.75, 3.05) is 4.90 Å². The molecule has 0 spiro atoms. The zero-order valence-electron chi connectivity index (χ0n) is 15.4. The Bertz CT molecular complexity index is 1230. The Labute approximate surface area is 164 Å². The van der Waals surface area contributed by atoms with Gasteiger partial charge in [0.2, 0.25) is 5.43 Å². The van der Waals surface area contributed by atoms with Gasteiger partial charge in [-0.25, -0.2) is 14.2 Å². The molecule has 1 aliphatic heterocycles. The molecule has 2 N–H and O–H groups in total. The molecule has 8 heteroatoms. The fourth-order valence-corrected chi connectivity index (χ4v) is 3.94. The maximum atomic E-state index is 15.0. The molecule has 0 amide bonds. The van der Waals surface area contributed by atoms with Crippen LogP contribution in [0.3, 0.4) is 0 Å². The molecule has 0 saturated heterocycles. The molecule has 1 aromatic carbocycles. The lowest BCUT2D eigenvalue weighted by Crippen LogP contribution is -2.22. The predicted molar refractivity (Wildman–Crippen MR) is 103 cm³/mol. The van der Waals surface area contributed by atoms with Crippen LogP contribution in [0.2, 0.25) is 0 Å². The van der Waals surface area contributed by atoms with E-state index in [0.717, 1.165) is 35.6 Å².